The Labute approximate surface area is 217 Å². The van der Waals surface area contributed by atoms with Crippen LogP contribution in [0.25, 0.3) is 0 Å². The van der Waals surface area contributed by atoms with Crippen molar-refractivity contribution in [1.82, 2.24) is 20.5 Å². The maximum atomic E-state index is 13.1. The first kappa shape index (κ1) is 24.5. The maximum Gasteiger partial charge on any atom is 0.352 e. The van der Waals surface area contributed by atoms with Crippen LogP contribution in [0.5, 0.6) is 0 Å². The number of oxime groups is 1. The van der Waals surface area contributed by atoms with Crippen LogP contribution in [-0.2, 0) is 30.6 Å². The van der Waals surface area contributed by atoms with Gasteiger partial charge in [-0.15, -0.1) is 23.1 Å². The summed E-state index contributed by atoms with van der Waals surface area (Å²) >= 11 is 2.42. The van der Waals surface area contributed by atoms with Crippen molar-refractivity contribution in [2.75, 3.05) is 17.2 Å². The number of β-lactam (4-membered cyclic amide) rings is 2. The minimum absolute atomic E-state index is 0.0902. The van der Waals surface area contributed by atoms with Crippen LogP contribution in [0.2, 0.25) is 0 Å². The smallest absolute Gasteiger partial charge is 0.352 e. The number of nitrogens with two attached hydrogens (primary N) is 2. The van der Waals surface area contributed by atoms with E-state index in [0.717, 1.165) is 11.3 Å². The molecule has 0 bridgehead atoms. The average molecular weight is 546 g/mol. The van der Waals surface area contributed by atoms with Gasteiger partial charge >= 0.3 is 5.97 Å². The molecule has 0 saturated carbocycles. The molecule has 2 saturated heterocycles. The lowest BCUT2D eigenvalue weighted by molar-refractivity contribution is -0.688. The molecular formula is C21H21N8O6S2+. The third-order valence-corrected chi connectivity index (χ3v) is 7.75. The molecule has 0 aromatic carbocycles. The van der Waals surface area contributed by atoms with E-state index in [4.69, 9.17) is 16.3 Å². The van der Waals surface area contributed by atoms with Crippen molar-refractivity contribution in [3.63, 3.8) is 0 Å². The zero-order chi connectivity index (χ0) is 26.3. The Morgan fingerprint density at radius 3 is 2.81 bits per heavy atom. The third-order valence-electron chi connectivity index (χ3n) is 5.73. The largest absolute Gasteiger partial charge is 0.477 e. The quantitative estimate of drug-likeness (QED) is 0.113. The van der Waals surface area contributed by atoms with E-state index in [1.807, 2.05) is 0 Å². The molecule has 2 aromatic rings. The van der Waals surface area contributed by atoms with Crippen LogP contribution in [0.15, 0.2) is 46.3 Å². The number of carbonyl (C=O) groups is 4. The van der Waals surface area contributed by atoms with Crippen molar-refractivity contribution >= 4 is 63.3 Å². The van der Waals surface area contributed by atoms with Gasteiger partial charge in [-0.3, -0.25) is 19.3 Å². The minimum atomic E-state index is -1.24. The number of carboxylic acids is 1. The monoisotopic (exact) mass is 545 g/mol. The zero-order valence-electron chi connectivity index (χ0n) is 19.0. The Kier molecular flexibility index (Phi) is 6.43. The molecular weight excluding hydrogens is 524 g/mol. The van der Waals surface area contributed by atoms with Crippen molar-refractivity contribution in [2.45, 2.75) is 30.6 Å². The third kappa shape index (κ3) is 4.79. The number of amides is 3. The molecule has 3 aliphatic heterocycles. The molecule has 7 N–H and O–H groups in total. The fourth-order valence-corrected chi connectivity index (χ4v) is 5.87. The maximum absolute atomic E-state index is 13.1. The van der Waals surface area contributed by atoms with Gasteiger partial charge in [-0.1, -0.05) is 5.16 Å². The van der Waals surface area contributed by atoms with E-state index in [1.54, 1.807) is 29.1 Å². The highest BCUT2D eigenvalue weighted by Gasteiger charge is 2.54. The molecule has 0 spiro atoms. The van der Waals surface area contributed by atoms with E-state index in [0.29, 0.717) is 17.0 Å². The summed E-state index contributed by atoms with van der Waals surface area (Å²) in [5.74, 6) is -2.44. The Morgan fingerprint density at radius 1 is 1.38 bits per heavy atom. The number of carbonyl (C=O) groups excluding carboxylic acids is 3. The van der Waals surface area contributed by atoms with Crippen LogP contribution in [0.4, 0.5) is 10.8 Å². The molecule has 3 amide bonds. The molecule has 2 aromatic heterocycles. The van der Waals surface area contributed by atoms with Gasteiger partial charge in [0.05, 0.1) is 12.1 Å². The minimum Gasteiger partial charge on any atom is -0.477 e. The van der Waals surface area contributed by atoms with Crippen LogP contribution < -0.4 is 26.7 Å². The first-order valence-electron chi connectivity index (χ1n) is 10.9. The second kappa shape index (κ2) is 9.70. The molecule has 3 atom stereocenters. The van der Waals surface area contributed by atoms with Gasteiger partial charge in [0.1, 0.15) is 22.8 Å². The van der Waals surface area contributed by atoms with Gasteiger partial charge in [-0.25, -0.2) is 9.78 Å². The first-order chi connectivity index (χ1) is 17.7. The Bertz CT molecular complexity index is 1370. The molecule has 3 aliphatic rings. The number of anilines is 2. The number of fused-ring (bicyclic) bond motifs is 1. The standard InChI is InChI=1S/C21H20N8O6S2/c22-10-2-1-3-28(6-10)5-9-7-36-19-15(18(32)29(19)16(9)20(33)34)26-17(31)14(11-8-37-21(23)24-11)27-35-13-4-12(30)25-13/h1-3,6,8,13,15,19H,4-5,7,22H2,(H4-,23,24,25,26,30,31,33,34)/p+1/b27-14-/t13?,15?,19-/m0/s1. The number of pyridine rings is 1. The summed E-state index contributed by atoms with van der Waals surface area (Å²) in [7, 11) is 0. The summed E-state index contributed by atoms with van der Waals surface area (Å²) < 4.78 is 1.74. The Hall–Kier alpha value is -4.18. The van der Waals surface area contributed by atoms with Crippen molar-refractivity contribution in [3.05, 3.63) is 46.9 Å². The van der Waals surface area contributed by atoms with E-state index < -0.39 is 35.4 Å². The number of nitrogens with zero attached hydrogens (tertiary/aromatic N) is 4. The predicted octanol–water partition coefficient (Wildman–Crippen LogP) is -1.40. The molecule has 16 heteroatoms. The fraction of sp³-hybridized carbons (Fsp3) is 0.286. The highest BCUT2D eigenvalue weighted by molar-refractivity contribution is 8.00. The van der Waals surface area contributed by atoms with E-state index >= 15 is 0 Å². The SMILES string of the molecule is Nc1ccc[n+](CC2=C(C(=O)O)N3C(=O)C(NC(=O)/C(=N\OC4CC(=O)N4)c4csc(N)n4)[C@@H]3SC2)c1. The van der Waals surface area contributed by atoms with Gasteiger partial charge in [0, 0.05) is 22.8 Å². The van der Waals surface area contributed by atoms with Gasteiger partial charge in [0.25, 0.3) is 11.8 Å². The van der Waals surface area contributed by atoms with Gasteiger partial charge in [-0.05, 0) is 6.07 Å². The zero-order valence-corrected chi connectivity index (χ0v) is 20.6. The molecule has 2 fully saturated rings. The number of rotatable bonds is 8. The number of hydrogen-bond donors (Lipinski definition) is 5. The van der Waals surface area contributed by atoms with Gasteiger partial charge < -0.3 is 32.0 Å². The van der Waals surface area contributed by atoms with E-state index in [-0.39, 0.29) is 41.1 Å². The van der Waals surface area contributed by atoms with Crippen molar-refractivity contribution in [3.8, 4) is 0 Å². The normalized spacial score (nSPS) is 23.0. The molecule has 0 aliphatic carbocycles. The number of carboxylic acid groups (broad SMARTS) is 1. The van der Waals surface area contributed by atoms with Crippen LogP contribution in [0, 0.1) is 0 Å². The van der Waals surface area contributed by atoms with Gasteiger partial charge in [-0.2, -0.15) is 4.57 Å². The summed E-state index contributed by atoms with van der Waals surface area (Å²) in [6.07, 6.45) is 2.84. The van der Waals surface area contributed by atoms with Crippen LogP contribution in [0.3, 0.4) is 0 Å². The first-order valence-corrected chi connectivity index (χ1v) is 12.8. The summed E-state index contributed by atoms with van der Waals surface area (Å²) in [6.45, 7) is 0.240. The number of nitrogen functional groups attached to an aromatic ring is 2. The number of aliphatic carboxylic acids is 1. The number of aromatic nitrogens is 2. The molecule has 2 unspecified atom stereocenters. The Balaban J connectivity index is 1.33. The highest BCUT2D eigenvalue weighted by atomic mass is 32.2. The van der Waals surface area contributed by atoms with Crippen molar-refractivity contribution in [2.24, 2.45) is 5.16 Å². The number of thioether (sulfide) groups is 1. The van der Waals surface area contributed by atoms with Gasteiger partial charge in [0.15, 0.2) is 29.8 Å². The lowest BCUT2D eigenvalue weighted by Crippen LogP contribution is -2.71. The molecule has 5 rings (SSSR count). The second-order valence-corrected chi connectivity index (χ2v) is 10.3. The van der Waals surface area contributed by atoms with Crippen molar-refractivity contribution < 1.29 is 33.7 Å². The number of hydrogen-bond acceptors (Lipinski definition) is 11. The van der Waals surface area contributed by atoms with E-state index in [2.05, 4.69) is 20.8 Å². The lowest BCUT2D eigenvalue weighted by atomic mass is 10.0. The number of thiazole rings is 1. The fourth-order valence-electron chi connectivity index (χ4n) is 3.98. The predicted molar refractivity (Wildman–Crippen MR) is 131 cm³/mol. The highest BCUT2D eigenvalue weighted by Crippen LogP contribution is 2.40. The van der Waals surface area contributed by atoms with E-state index in [9.17, 15) is 24.3 Å². The summed E-state index contributed by atoms with van der Waals surface area (Å²) in [6, 6.07) is 2.47. The average Bonchev–Trinajstić information content (AvgIpc) is 3.26. The topological polar surface area (TPSA) is 206 Å². The molecule has 0 radical (unpaired) electrons. The summed E-state index contributed by atoms with van der Waals surface area (Å²) in [5.41, 5.74) is 12.4. The molecule has 192 valence electrons. The lowest BCUT2D eigenvalue weighted by Gasteiger charge is -2.49. The Morgan fingerprint density at radius 2 is 2.16 bits per heavy atom. The van der Waals surface area contributed by atoms with Crippen LogP contribution in [-0.4, -0.2) is 67.8 Å². The second-order valence-electron chi connectivity index (χ2n) is 8.30. The summed E-state index contributed by atoms with van der Waals surface area (Å²) in [4.78, 5) is 59.8. The van der Waals surface area contributed by atoms with Crippen LogP contribution >= 0.6 is 23.1 Å². The molecule has 5 heterocycles. The molecule has 37 heavy (non-hydrogen) atoms. The van der Waals surface area contributed by atoms with Crippen molar-refractivity contribution in [1.29, 1.82) is 0 Å². The van der Waals surface area contributed by atoms with E-state index in [1.165, 1.54) is 22.0 Å². The summed E-state index contributed by atoms with van der Waals surface area (Å²) in [5, 5.41) is 19.9. The van der Waals surface area contributed by atoms with Gasteiger partial charge in [0.2, 0.25) is 12.1 Å². The number of nitrogens with one attached hydrogen (secondary N) is 2. The van der Waals surface area contributed by atoms with Crippen LogP contribution in [0.1, 0.15) is 12.1 Å². The molecule has 14 nitrogen and oxygen atoms in total.